The summed E-state index contributed by atoms with van der Waals surface area (Å²) >= 11 is 6.25. The van der Waals surface area contributed by atoms with E-state index in [1.807, 2.05) is 36.4 Å². The Morgan fingerprint density at radius 1 is 1.25 bits per heavy atom. The molecule has 24 heavy (non-hydrogen) atoms. The summed E-state index contributed by atoms with van der Waals surface area (Å²) in [5, 5.41) is 0.620. The van der Waals surface area contributed by atoms with Crippen LogP contribution in [-0.4, -0.2) is 23.2 Å². The van der Waals surface area contributed by atoms with Gasteiger partial charge in [-0.15, -0.1) is 0 Å². The molecule has 2 N–H and O–H groups in total. The van der Waals surface area contributed by atoms with Gasteiger partial charge in [0.25, 0.3) is 0 Å². The van der Waals surface area contributed by atoms with E-state index in [2.05, 4.69) is 17.6 Å². The summed E-state index contributed by atoms with van der Waals surface area (Å²) in [6, 6.07) is 14.1. The van der Waals surface area contributed by atoms with Crippen molar-refractivity contribution in [2.45, 2.75) is 25.8 Å². The third-order valence-electron chi connectivity index (χ3n) is 4.35. The summed E-state index contributed by atoms with van der Waals surface area (Å²) in [7, 11) is 1.62. The number of fused-ring (bicyclic) bond motifs is 1. The monoisotopic (exact) mass is 343 g/mol. The van der Waals surface area contributed by atoms with E-state index in [0.29, 0.717) is 17.3 Å². The third-order valence-corrected chi connectivity index (χ3v) is 4.64. The van der Waals surface area contributed by atoms with Crippen LogP contribution in [0.3, 0.4) is 0 Å². The minimum absolute atomic E-state index is 0.141. The average molecular weight is 344 g/mol. The summed E-state index contributed by atoms with van der Waals surface area (Å²) < 4.78 is 7.47. The van der Waals surface area contributed by atoms with E-state index in [9.17, 15) is 0 Å². The van der Waals surface area contributed by atoms with Gasteiger partial charge in [0.05, 0.1) is 23.2 Å². The van der Waals surface area contributed by atoms with Crippen LogP contribution in [-0.2, 0) is 13.0 Å². The van der Waals surface area contributed by atoms with Crippen LogP contribution < -0.4 is 10.5 Å². The molecule has 2 aromatic carbocycles. The Kier molecular flexibility index (Phi) is 5.07. The van der Waals surface area contributed by atoms with Crippen molar-refractivity contribution in [1.29, 1.82) is 0 Å². The number of nitrogens with zero attached hydrogens (tertiary/aromatic N) is 2. The molecule has 0 bridgehead atoms. The maximum absolute atomic E-state index is 6.25. The standard InChI is InChI=1S/C19H22ClN3O/c1-3-23-17-7-5-4-6-16(17)22-19(23)14(12-21)10-13-8-9-18(24-2)15(20)11-13/h4-9,11,14H,3,10,12,21H2,1-2H3. The number of hydrogen-bond donors (Lipinski definition) is 1. The highest BCUT2D eigenvalue weighted by Crippen LogP contribution is 2.29. The van der Waals surface area contributed by atoms with Crippen LogP contribution in [0.25, 0.3) is 11.0 Å². The Labute approximate surface area is 147 Å². The summed E-state index contributed by atoms with van der Waals surface area (Å²) in [6.07, 6.45) is 0.795. The Hall–Kier alpha value is -2.04. The van der Waals surface area contributed by atoms with Crippen LogP contribution in [0, 0.1) is 0 Å². The van der Waals surface area contributed by atoms with Crippen LogP contribution in [0.4, 0.5) is 0 Å². The van der Waals surface area contributed by atoms with Gasteiger partial charge in [-0.05, 0) is 43.2 Å². The molecule has 0 amide bonds. The summed E-state index contributed by atoms with van der Waals surface area (Å²) in [5.74, 6) is 1.86. The molecule has 0 saturated carbocycles. The number of aryl methyl sites for hydroxylation is 1. The Bertz CT molecular complexity index is 844. The maximum Gasteiger partial charge on any atom is 0.137 e. The van der Waals surface area contributed by atoms with E-state index in [4.69, 9.17) is 27.1 Å². The SMILES string of the molecule is CCn1c(C(CN)Cc2ccc(OC)c(Cl)c2)nc2ccccc21. The molecular weight excluding hydrogens is 322 g/mol. The number of ether oxygens (including phenoxy) is 1. The number of para-hydroxylation sites is 2. The summed E-state index contributed by atoms with van der Waals surface area (Å²) in [6.45, 7) is 3.54. The first kappa shape index (κ1) is 16.8. The summed E-state index contributed by atoms with van der Waals surface area (Å²) in [5.41, 5.74) is 9.38. The van der Waals surface area contributed by atoms with Gasteiger partial charge in [-0.2, -0.15) is 0 Å². The van der Waals surface area contributed by atoms with Crippen LogP contribution in [0.1, 0.15) is 24.2 Å². The molecule has 0 aliphatic rings. The van der Waals surface area contributed by atoms with Gasteiger partial charge in [0.1, 0.15) is 11.6 Å². The van der Waals surface area contributed by atoms with Gasteiger partial charge < -0.3 is 15.0 Å². The molecule has 5 heteroatoms. The van der Waals surface area contributed by atoms with Gasteiger partial charge in [-0.25, -0.2) is 4.98 Å². The van der Waals surface area contributed by atoms with Gasteiger partial charge in [0.15, 0.2) is 0 Å². The number of methoxy groups -OCH3 is 1. The molecule has 1 atom stereocenters. The number of benzene rings is 2. The van der Waals surface area contributed by atoms with Gasteiger partial charge >= 0.3 is 0 Å². The summed E-state index contributed by atoms with van der Waals surface area (Å²) in [4.78, 5) is 4.83. The van der Waals surface area contributed by atoms with Gasteiger partial charge in [0, 0.05) is 19.0 Å². The van der Waals surface area contributed by atoms with E-state index in [1.54, 1.807) is 7.11 Å². The topological polar surface area (TPSA) is 53.1 Å². The molecular formula is C19H22ClN3O. The van der Waals surface area contributed by atoms with Crippen LogP contribution in [0.15, 0.2) is 42.5 Å². The maximum atomic E-state index is 6.25. The molecule has 1 unspecified atom stereocenters. The van der Waals surface area contributed by atoms with Crippen molar-refractivity contribution in [3.05, 3.63) is 58.9 Å². The molecule has 3 aromatic rings. The minimum Gasteiger partial charge on any atom is -0.495 e. The smallest absolute Gasteiger partial charge is 0.137 e. The lowest BCUT2D eigenvalue weighted by atomic mass is 9.98. The fourth-order valence-electron chi connectivity index (χ4n) is 3.14. The zero-order valence-corrected chi connectivity index (χ0v) is 14.8. The molecule has 4 nitrogen and oxygen atoms in total. The quantitative estimate of drug-likeness (QED) is 0.736. The Morgan fingerprint density at radius 3 is 2.71 bits per heavy atom. The first-order chi connectivity index (χ1) is 11.7. The lowest BCUT2D eigenvalue weighted by Gasteiger charge is -2.17. The zero-order valence-electron chi connectivity index (χ0n) is 14.0. The Morgan fingerprint density at radius 2 is 2.04 bits per heavy atom. The second-order valence-corrected chi connectivity index (χ2v) is 6.22. The molecule has 0 fully saturated rings. The van der Waals surface area contributed by atoms with Crippen molar-refractivity contribution in [2.24, 2.45) is 5.73 Å². The fraction of sp³-hybridized carbons (Fsp3) is 0.316. The van der Waals surface area contributed by atoms with Crippen molar-refractivity contribution in [2.75, 3.05) is 13.7 Å². The van der Waals surface area contributed by atoms with Gasteiger partial charge in [0.2, 0.25) is 0 Å². The van der Waals surface area contributed by atoms with Crippen molar-refractivity contribution in [3.63, 3.8) is 0 Å². The second kappa shape index (κ2) is 7.24. The number of nitrogens with two attached hydrogens (primary N) is 1. The van der Waals surface area contributed by atoms with Gasteiger partial charge in [-0.1, -0.05) is 29.8 Å². The van der Waals surface area contributed by atoms with E-state index in [1.165, 1.54) is 0 Å². The first-order valence-electron chi connectivity index (χ1n) is 8.15. The number of halogens is 1. The molecule has 0 spiro atoms. The van der Waals surface area contributed by atoms with Crippen molar-refractivity contribution < 1.29 is 4.74 Å². The molecule has 0 aliphatic carbocycles. The minimum atomic E-state index is 0.141. The zero-order chi connectivity index (χ0) is 17.1. The largest absolute Gasteiger partial charge is 0.495 e. The van der Waals surface area contributed by atoms with Gasteiger partial charge in [-0.3, -0.25) is 0 Å². The average Bonchev–Trinajstić information content (AvgIpc) is 2.98. The lowest BCUT2D eigenvalue weighted by molar-refractivity contribution is 0.415. The molecule has 0 radical (unpaired) electrons. The van der Waals surface area contributed by atoms with Crippen LogP contribution in [0.2, 0.25) is 5.02 Å². The highest BCUT2D eigenvalue weighted by atomic mass is 35.5. The van der Waals surface area contributed by atoms with Crippen molar-refractivity contribution >= 4 is 22.6 Å². The molecule has 0 aliphatic heterocycles. The predicted octanol–water partition coefficient (Wildman–Crippen LogP) is 4.00. The molecule has 1 aromatic heterocycles. The Balaban J connectivity index is 1.96. The van der Waals surface area contributed by atoms with Crippen LogP contribution >= 0.6 is 11.6 Å². The normalized spacial score (nSPS) is 12.5. The number of aromatic nitrogens is 2. The van der Waals surface area contributed by atoms with Crippen molar-refractivity contribution in [1.82, 2.24) is 9.55 Å². The van der Waals surface area contributed by atoms with Crippen molar-refractivity contribution in [3.8, 4) is 5.75 Å². The van der Waals surface area contributed by atoms with E-state index < -0.39 is 0 Å². The van der Waals surface area contributed by atoms with E-state index in [-0.39, 0.29) is 5.92 Å². The highest BCUT2D eigenvalue weighted by molar-refractivity contribution is 6.32. The fourth-order valence-corrected chi connectivity index (χ4v) is 3.42. The molecule has 126 valence electrons. The number of rotatable bonds is 6. The lowest BCUT2D eigenvalue weighted by Crippen LogP contribution is -2.19. The predicted molar refractivity (Wildman–Crippen MR) is 98.9 cm³/mol. The molecule has 3 rings (SSSR count). The van der Waals surface area contributed by atoms with E-state index >= 15 is 0 Å². The molecule has 1 heterocycles. The van der Waals surface area contributed by atoms with E-state index in [0.717, 1.165) is 35.4 Å². The second-order valence-electron chi connectivity index (χ2n) is 5.81. The highest BCUT2D eigenvalue weighted by Gasteiger charge is 2.19. The number of imidazole rings is 1. The van der Waals surface area contributed by atoms with Crippen LogP contribution in [0.5, 0.6) is 5.75 Å². The third kappa shape index (κ3) is 3.12. The number of hydrogen-bond acceptors (Lipinski definition) is 3. The molecule has 0 saturated heterocycles. The first-order valence-corrected chi connectivity index (χ1v) is 8.53.